The van der Waals surface area contributed by atoms with Crippen LogP contribution in [0.3, 0.4) is 0 Å². The van der Waals surface area contributed by atoms with Crippen LogP contribution in [0.5, 0.6) is 34.5 Å². The lowest BCUT2D eigenvalue weighted by atomic mass is 10.1. The van der Waals surface area contributed by atoms with E-state index in [0.29, 0.717) is 58.2 Å². The maximum absolute atomic E-state index is 12.0. The third kappa shape index (κ3) is 9.95. The van der Waals surface area contributed by atoms with Gasteiger partial charge in [0.25, 0.3) is 0 Å². The fraction of sp³-hybridized carbons (Fsp3) is 0.306. The van der Waals surface area contributed by atoms with Gasteiger partial charge in [-0.1, -0.05) is 0 Å². The summed E-state index contributed by atoms with van der Waals surface area (Å²) in [5.74, 6) is 7.10. The molecule has 21 heteroatoms. The molecule has 0 aliphatic carbocycles. The minimum absolute atomic E-state index is 0.163. The summed E-state index contributed by atoms with van der Waals surface area (Å²) in [4.78, 5) is 27.1. The Morgan fingerprint density at radius 1 is 0.600 bits per heavy atom. The number of benzene rings is 4. The van der Waals surface area contributed by atoms with Crippen LogP contribution in [0, 0.1) is 0 Å². The van der Waals surface area contributed by atoms with Gasteiger partial charge in [-0.2, -0.15) is 4.98 Å². The van der Waals surface area contributed by atoms with Gasteiger partial charge in [-0.3, -0.25) is 9.13 Å². The van der Waals surface area contributed by atoms with Crippen molar-refractivity contribution in [1.82, 2.24) is 39.0 Å². The number of anilines is 1. The average molecular weight is 971 g/mol. The van der Waals surface area contributed by atoms with Crippen LogP contribution in [-0.2, 0) is 19.3 Å². The summed E-state index contributed by atoms with van der Waals surface area (Å²) >= 11 is 0. The summed E-state index contributed by atoms with van der Waals surface area (Å²) in [7, 11) is -0.347. The van der Waals surface area contributed by atoms with Crippen LogP contribution in [-0.4, -0.2) is 120 Å². The van der Waals surface area contributed by atoms with E-state index in [-0.39, 0.29) is 18.7 Å². The predicted octanol–water partition coefficient (Wildman–Crippen LogP) is 6.56. The average Bonchev–Trinajstić information content (AvgIpc) is 4.21. The molecule has 0 spiro atoms. The molecule has 0 atom stereocenters. The molecule has 0 saturated carbocycles. The Hall–Kier alpha value is -7.59. The number of methoxy groups -OCH3 is 2. The highest BCUT2D eigenvalue weighted by Gasteiger charge is 2.24. The Morgan fingerprint density at radius 3 is 1.60 bits per heavy atom. The molecule has 8 aromatic rings. The van der Waals surface area contributed by atoms with Gasteiger partial charge in [-0.05, 0) is 98.5 Å². The molecule has 362 valence electrons. The SMILES string of the molecule is COc1ccc2c(c1)nc(-c1ccc3c(c1)OCO3)n2-c1ccnc(NC2CCOCC2)n1.COc1ccc2c(c1)nc(-c1ccc3c(c1)OCO3)n2-c1ccnc(S(C)(=O)=O)n1.NC1CCOCC1. The second-order valence-electron chi connectivity index (χ2n) is 16.6. The second-order valence-corrected chi connectivity index (χ2v) is 18.5. The van der Waals surface area contributed by atoms with Crippen molar-refractivity contribution >= 4 is 37.9 Å². The maximum Gasteiger partial charge on any atom is 0.248 e. The first-order valence-electron chi connectivity index (χ1n) is 22.6. The summed E-state index contributed by atoms with van der Waals surface area (Å²) in [6.07, 6.45) is 8.20. The van der Waals surface area contributed by atoms with Crippen LogP contribution in [0.4, 0.5) is 5.95 Å². The first-order valence-corrected chi connectivity index (χ1v) is 24.5. The minimum Gasteiger partial charge on any atom is -0.497 e. The third-order valence-corrected chi connectivity index (χ3v) is 12.7. The summed E-state index contributed by atoms with van der Waals surface area (Å²) < 4.78 is 71.0. The lowest BCUT2D eigenvalue weighted by Crippen LogP contribution is -2.28. The van der Waals surface area contributed by atoms with E-state index in [1.165, 1.54) is 6.20 Å². The molecule has 0 radical (unpaired) electrons. The molecule has 2 saturated heterocycles. The van der Waals surface area contributed by atoms with Crippen LogP contribution in [0.2, 0.25) is 0 Å². The number of rotatable bonds is 9. The van der Waals surface area contributed by atoms with E-state index in [9.17, 15) is 8.42 Å². The monoisotopic (exact) mass is 970 g/mol. The topological polar surface area (TPSA) is 233 Å². The summed E-state index contributed by atoms with van der Waals surface area (Å²) in [6.45, 7) is 3.61. The maximum atomic E-state index is 12.0. The number of ether oxygens (including phenoxy) is 8. The molecule has 3 N–H and O–H groups in total. The number of imidazole rings is 2. The summed E-state index contributed by atoms with van der Waals surface area (Å²) in [5.41, 5.74) is 10.3. The minimum atomic E-state index is -3.58. The van der Waals surface area contributed by atoms with Crippen LogP contribution in [0.15, 0.2) is 102 Å². The second kappa shape index (κ2) is 20.2. The van der Waals surface area contributed by atoms with Gasteiger partial charge in [-0.25, -0.2) is 33.3 Å². The number of hydrogen-bond acceptors (Lipinski definition) is 18. The van der Waals surface area contributed by atoms with Gasteiger partial charge in [0.15, 0.2) is 23.0 Å². The molecule has 0 bridgehead atoms. The number of nitrogens with two attached hydrogens (primary N) is 1. The number of aromatic nitrogens is 8. The molecule has 4 aliphatic rings. The lowest BCUT2D eigenvalue weighted by molar-refractivity contribution is 0.0866. The molecule has 20 nitrogen and oxygen atoms in total. The molecule has 4 aromatic heterocycles. The Kier molecular flexibility index (Phi) is 13.3. The molecular weight excluding hydrogens is 921 g/mol. The highest BCUT2D eigenvalue weighted by atomic mass is 32.2. The zero-order valence-corrected chi connectivity index (χ0v) is 39.4. The molecule has 0 unspecified atom stereocenters. The Balaban J connectivity index is 0.000000143. The standard InChI is InChI=1S/C24H23N5O4.C20H16N4O5S.C5H11NO/c1-30-17-3-4-19-18(13-17)27-23(15-2-5-20-21(12-15)33-14-32-20)29(19)22-6-9-25-24(28-22)26-16-7-10-31-11-8-16;1-27-13-4-5-15-14(10-13)22-19(12-3-6-16-17(9-12)29-11-28-16)24(15)18-7-8-21-20(23-18)30(2,25)26;6-5-1-3-7-4-2-5/h2-6,9,12-13,16H,7-8,10-11,14H2,1H3,(H,25,26,28);3-10H,11H2,1-2H3;5H,1-4,6H2. The van der Waals surface area contributed by atoms with Gasteiger partial charge in [0.2, 0.25) is 34.5 Å². The van der Waals surface area contributed by atoms with E-state index in [2.05, 4.69) is 20.3 Å². The van der Waals surface area contributed by atoms with Crippen molar-refractivity contribution in [3.8, 4) is 68.9 Å². The van der Waals surface area contributed by atoms with Gasteiger partial charge in [0.1, 0.15) is 34.8 Å². The van der Waals surface area contributed by atoms with Crippen molar-refractivity contribution in [3.63, 3.8) is 0 Å². The zero-order chi connectivity index (χ0) is 48.2. The molecular formula is C49H50N10O10S. The van der Waals surface area contributed by atoms with Crippen molar-refractivity contribution in [2.75, 3.05) is 65.8 Å². The number of nitrogens with one attached hydrogen (secondary N) is 1. The van der Waals surface area contributed by atoms with E-state index in [1.807, 2.05) is 77.4 Å². The molecule has 2 fully saturated rings. The smallest absolute Gasteiger partial charge is 0.248 e. The molecule has 8 heterocycles. The highest BCUT2D eigenvalue weighted by Crippen LogP contribution is 2.39. The number of hydrogen-bond donors (Lipinski definition) is 2. The first kappa shape index (κ1) is 46.2. The zero-order valence-electron chi connectivity index (χ0n) is 38.6. The number of sulfone groups is 1. The number of nitrogens with zero attached hydrogens (tertiary/aromatic N) is 8. The van der Waals surface area contributed by atoms with E-state index >= 15 is 0 Å². The van der Waals surface area contributed by atoms with Gasteiger partial charge in [0.05, 0.1) is 36.3 Å². The number of fused-ring (bicyclic) bond motifs is 4. The van der Waals surface area contributed by atoms with Gasteiger partial charge in [-0.15, -0.1) is 0 Å². The van der Waals surface area contributed by atoms with E-state index < -0.39 is 9.84 Å². The van der Waals surface area contributed by atoms with Crippen LogP contribution in [0.1, 0.15) is 25.7 Å². The Bertz CT molecular complexity index is 3280. The van der Waals surface area contributed by atoms with E-state index in [0.717, 1.165) is 109 Å². The van der Waals surface area contributed by atoms with Crippen LogP contribution in [0.25, 0.3) is 56.5 Å². The fourth-order valence-corrected chi connectivity index (χ4v) is 8.73. The van der Waals surface area contributed by atoms with E-state index in [4.69, 9.17) is 58.6 Å². The van der Waals surface area contributed by atoms with Gasteiger partial charge < -0.3 is 48.9 Å². The predicted molar refractivity (Wildman–Crippen MR) is 258 cm³/mol. The van der Waals surface area contributed by atoms with Crippen LogP contribution < -0.4 is 39.5 Å². The van der Waals surface area contributed by atoms with Gasteiger partial charge >= 0.3 is 0 Å². The quantitative estimate of drug-likeness (QED) is 0.146. The Morgan fingerprint density at radius 2 is 1.10 bits per heavy atom. The van der Waals surface area contributed by atoms with Crippen molar-refractivity contribution in [3.05, 3.63) is 97.3 Å². The molecule has 0 amide bonds. The van der Waals surface area contributed by atoms with Crippen molar-refractivity contribution in [1.29, 1.82) is 0 Å². The van der Waals surface area contributed by atoms with E-state index in [1.54, 1.807) is 37.1 Å². The molecule has 4 aliphatic heterocycles. The van der Waals surface area contributed by atoms with Gasteiger partial charge in [0, 0.05) is 80.4 Å². The highest BCUT2D eigenvalue weighted by molar-refractivity contribution is 7.90. The molecule has 12 rings (SSSR count). The molecule has 4 aromatic carbocycles. The van der Waals surface area contributed by atoms with Crippen molar-refractivity contribution in [2.45, 2.75) is 42.9 Å². The fourth-order valence-electron chi connectivity index (χ4n) is 8.22. The lowest BCUT2D eigenvalue weighted by Gasteiger charge is -2.23. The van der Waals surface area contributed by atoms with Crippen molar-refractivity contribution in [2.24, 2.45) is 5.73 Å². The Labute approximate surface area is 402 Å². The normalized spacial score (nSPS) is 15.5. The summed E-state index contributed by atoms with van der Waals surface area (Å²) in [6, 6.07) is 26.9. The largest absolute Gasteiger partial charge is 0.497 e. The van der Waals surface area contributed by atoms with Crippen LogP contribution >= 0.6 is 0 Å². The first-order chi connectivity index (χ1) is 34.1. The third-order valence-electron chi connectivity index (χ3n) is 11.9. The molecule has 70 heavy (non-hydrogen) atoms. The summed E-state index contributed by atoms with van der Waals surface area (Å²) in [5, 5.41) is 3.19. The van der Waals surface area contributed by atoms with Crippen molar-refractivity contribution < 1.29 is 46.3 Å².